The number of ether oxygens (including phenoxy) is 5. The highest BCUT2D eigenvalue weighted by Gasteiger charge is 2.18. The number of likely N-dealkylation sites (tertiary alicyclic amines) is 1. The molecule has 0 aromatic carbocycles. The molecule has 0 aromatic rings. The number of aliphatic hydroxyl groups excluding tert-OH is 1. The second-order valence-electron chi connectivity index (χ2n) is 17.3. The number of hydrogen-bond donors (Lipinski definition) is 1. The maximum absolute atomic E-state index is 12.8. The zero-order chi connectivity index (χ0) is 44.4. The van der Waals surface area contributed by atoms with Crippen molar-refractivity contribution in [3.05, 3.63) is 0 Å². The van der Waals surface area contributed by atoms with Crippen molar-refractivity contribution >= 4 is 41.4 Å². The molecule has 2 atom stereocenters. The summed E-state index contributed by atoms with van der Waals surface area (Å²) in [6, 6.07) is 0. The summed E-state index contributed by atoms with van der Waals surface area (Å²) >= 11 is 2.86. The molecular weight excluding hydrogens is 811 g/mol. The first-order valence-corrected chi connectivity index (χ1v) is 27.4. The molecule has 1 aliphatic heterocycles. The molecule has 360 valence electrons. The normalized spacial score (nSPS) is 14.2. The minimum Gasteiger partial charge on any atom is -0.465 e. The number of carbonyl (C=O) groups excluding carboxylic acids is 3. The standard InChI is InChI=1S/C49H93NO9S2/c1-5-9-13-22-43(23-14-10-6-2)29-36-57-47(52)40-60-39-38-55-34-20-26-45(59-46(51)28-19-33-50-31-17-18-32-50)27-21-35-56-48(53)41-61-42-49(54)58-37-30-44(24-15-11-7-3)25-16-12-8-4/h43-45,48,53H,5-42H2,1-4H3. The van der Waals surface area contributed by atoms with Gasteiger partial charge in [-0.1, -0.05) is 130 Å². The summed E-state index contributed by atoms with van der Waals surface area (Å²) in [6.45, 7) is 14.5. The van der Waals surface area contributed by atoms with Gasteiger partial charge in [0.25, 0.3) is 0 Å². The molecule has 1 rings (SSSR count). The Balaban J connectivity index is 2.32. The minimum absolute atomic E-state index is 0.143. The molecule has 0 saturated carbocycles. The van der Waals surface area contributed by atoms with Crippen LogP contribution in [0.25, 0.3) is 0 Å². The van der Waals surface area contributed by atoms with Crippen molar-refractivity contribution in [2.45, 2.75) is 207 Å². The first kappa shape index (κ1) is 58.0. The third-order valence-electron chi connectivity index (χ3n) is 11.7. The number of unbranched alkanes of at least 4 members (excludes halogenated alkanes) is 8. The topological polar surface area (TPSA) is 121 Å². The van der Waals surface area contributed by atoms with E-state index in [1.807, 2.05) is 0 Å². The van der Waals surface area contributed by atoms with Gasteiger partial charge < -0.3 is 33.7 Å². The van der Waals surface area contributed by atoms with Crippen LogP contribution in [0.4, 0.5) is 0 Å². The second-order valence-corrected chi connectivity index (χ2v) is 19.4. The van der Waals surface area contributed by atoms with Gasteiger partial charge in [0, 0.05) is 31.1 Å². The van der Waals surface area contributed by atoms with Crippen LogP contribution in [-0.4, -0.2) is 116 Å². The van der Waals surface area contributed by atoms with Crippen molar-refractivity contribution in [1.82, 2.24) is 4.90 Å². The van der Waals surface area contributed by atoms with Crippen LogP contribution in [0.2, 0.25) is 0 Å². The number of hydrogen-bond acceptors (Lipinski definition) is 12. The molecule has 61 heavy (non-hydrogen) atoms. The van der Waals surface area contributed by atoms with E-state index in [-0.39, 0.29) is 35.5 Å². The van der Waals surface area contributed by atoms with Crippen molar-refractivity contribution in [3.8, 4) is 0 Å². The smallest absolute Gasteiger partial charge is 0.315 e. The van der Waals surface area contributed by atoms with E-state index < -0.39 is 6.29 Å². The van der Waals surface area contributed by atoms with Crippen LogP contribution in [0, 0.1) is 11.8 Å². The number of rotatable bonds is 45. The second kappa shape index (κ2) is 42.9. The highest BCUT2D eigenvalue weighted by Crippen LogP contribution is 2.23. The van der Waals surface area contributed by atoms with E-state index in [0.717, 1.165) is 51.1 Å². The number of nitrogens with zero attached hydrogens (tertiary/aromatic N) is 1. The van der Waals surface area contributed by atoms with Crippen molar-refractivity contribution in [1.29, 1.82) is 0 Å². The van der Waals surface area contributed by atoms with Crippen molar-refractivity contribution < 1.29 is 43.2 Å². The van der Waals surface area contributed by atoms with Crippen LogP contribution in [0.3, 0.4) is 0 Å². The van der Waals surface area contributed by atoms with Gasteiger partial charge in [-0.05, 0) is 89.3 Å². The summed E-state index contributed by atoms with van der Waals surface area (Å²) in [5.74, 6) is 2.28. The largest absolute Gasteiger partial charge is 0.465 e. The summed E-state index contributed by atoms with van der Waals surface area (Å²) < 4.78 is 28.6. The summed E-state index contributed by atoms with van der Waals surface area (Å²) in [5.41, 5.74) is 0. The summed E-state index contributed by atoms with van der Waals surface area (Å²) in [7, 11) is 0. The molecule has 1 heterocycles. The first-order valence-electron chi connectivity index (χ1n) is 25.1. The zero-order valence-electron chi connectivity index (χ0n) is 39.7. The van der Waals surface area contributed by atoms with E-state index in [0.29, 0.717) is 76.3 Å². The maximum atomic E-state index is 12.8. The number of carbonyl (C=O) groups is 3. The average molecular weight is 904 g/mol. The van der Waals surface area contributed by atoms with Crippen molar-refractivity contribution in [2.75, 3.05) is 75.7 Å². The molecule has 0 aliphatic carbocycles. The van der Waals surface area contributed by atoms with Crippen LogP contribution in [-0.2, 0) is 38.1 Å². The quantitative estimate of drug-likeness (QED) is 0.0271. The van der Waals surface area contributed by atoms with Crippen molar-refractivity contribution in [3.63, 3.8) is 0 Å². The molecule has 1 N–H and O–H groups in total. The van der Waals surface area contributed by atoms with Crippen LogP contribution in [0.5, 0.6) is 0 Å². The summed E-state index contributed by atoms with van der Waals surface area (Å²) in [6.07, 6.45) is 27.0. The Bertz CT molecular complexity index is 999. The number of thioether (sulfide) groups is 2. The molecule has 0 amide bonds. The van der Waals surface area contributed by atoms with Crippen LogP contribution in [0.1, 0.15) is 195 Å². The van der Waals surface area contributed by atoms with E-state index in [4.69, 9.17) is 23.7 Å². The van der Waals surface area contributed by atoms with Gasteiger partial charge in [0.05, 0.1) is 31.3 Å². The fraction of sp³-hybridized carbons (Fsp3) is 0.939. The van der Waals surface area contributed by atoms with E-state index in [2.05, 4.69) is 32.6 Å². The molecule has 1 aliphatic rings. The Hall–Kier alpha value is -1.05. The monoisotopic (exact) mass is 904 g/mol. The molecule has 2 unspecified atom stereocenters. The van der Waals surface area contributed by atoms with Crippen molar-refractivity contribution in [2.24, 2.45) is 11.8 Å². The summed E-state index contributed by atoms with van der Waals surface area (Å²) in [4.78, 5) is 39.9. The SMILES string of the molecule is CCCCCC(CCCCC)CCOC(=O)CSCCOCCCC(CCCOC(O)CSCC(=O)OCCC(CCCCC)CCCCC)OC(=O)CCCN1CCCC1. The molecule has 1 saturated heterocycles. The fourth-order valence-corrected chi connectivity index (χ4v) is 9.23. The lowest BCUT2D eigenvalue weighted by atomic mass is 9.92. The van der Waals surface area contributed by atoms with Gasteiger partial charge in [0.15, 0.2) is 6.29 Å². The van der Waals surface area contributed by atoms with Gasteiger partial charge in [-0.15, -0.1) is 23.5 Å². The lowest BCUT2D eigenvalue weighted by Crippen LogP contribution is -2.23. The molecular formula is C49H93NO9S2. The van der Waals surface area contributed by atoms with E-state index in [1.165, 1.54) is 127 Å². The van der Waals surface area contributed by atoms with E-state index in [9.17, 15) is 19.5 Å². The van der Waals surface area contributed by atoms with Crippen LogP contribution < -0.4 is 0 Å². The molecule has 0 spiro atoms. The molecule has 0 bridgehead atoms. The molecule has 0 aromatic heterocycles. The minimum atomic E-state index is -0.980. The van der Waals surface area contributed by atoms with E-state index >= 15 is 0 Å². The average Bonchev–Trinajstić information content (AvgIpc) is 3.77. The fourth-order valence-electron chi connectivity index (χ4n) is 7.93. The Kier molecular flexibility index (Phi) is 40.7. The zero-order valence-corrected chi connectivity index (χ0v) is 41.3. The number of aliphatic hydroxyl groups is 1. The Morgan fingerprint density at radius 1 is 0.557 bits per heavy atom. The first-order chi connectivity index (χ1) is 29.8. The van der Waals surface area contributed by atoms with E-state index in [1.54, 1.807) is 11.8 Å². The van der Waals surface area contributed by atoms with Gasteiger partial charge in [-0.2, -0.15) is 0 Å². The van der Waals surface area contributed by atoms with Crippen LogP contribution in [0.15, 0.2) is 0 Å². The Morgan fingerprint density at radius 2 is 1.07 bits per heavy atom. The third-order valence-corrected chi connectivity index (χ3v) is 13.5. The Labute approximate surface area is 382 Å². The van der Waals surface area contributed by atoms with Gasteiger partial charge in [0.1, 0.15) is 6.10 Å². The number of esters is 3. The molecule has 0 radical (unpaired) electrons. The molecule has 12 heteroatoms. The third kappa shape index (κ3) is 36.9. The lowest BCUT2D eigenvalue weighted by Gasteiger charge is -2.19. The summed E-state index contributed by atoms with van der Waals surface area (Å²) in [5, 5.41) is 10.4. The maximum Gasteiger partial charge on any atom is 0.315 e. The van der Waals surface area contributed by atoms with Gasteiger partial charge >= 0.3 is 17.9 Å². The lowest BCUT2D eigenvalue weighted by molar-refractivity contribution is -0.150. The van der Waals surface area contributed by atoms with Gasteiger partial charge in [-0.25, -0.2) is 0 Å². The predicted molar refractivity (Wildman–Crippen MR) is 255 cm³/mol. The molecule has 1 fully saturated rings. The van der Waals surface area contributed by atoms with Crippen LogP contribution >= 0.6 is 23.5 Å². The molecule has 10 nitrogen and oxygen atoms in total. The highest BCUT2D eigenvalue weighted by atomic mass is 32.2. The van der Waals surface area contributed by atoms with Gasteiger partial charge in [0.2, 0.25) is 0 Å². The Morgan fingerprint density at radius 3 is 1.59 bits per heavy atom. The predicted octanol–water partition coefficient (Wildman–Crippen LogP) is 11.6. The van der Waals surface area contributed by atoms with Gasteiger partial charge in [-0.3, -0.25) is 14.4 Å². The highest BCUT2D eigenvalue weighted by molar-refractivity contribution is 8.00.